The average molecular weight is 243 g/mol. The van der Waals surface area contributed by atoms with E-state index in [9.17, 15) is 5.11 Å². The minimum atomic E-state index is -0.787. The van der Waals surface area contributed by atoms with Gasteiger partial charge in [-0.1, -0.05) is 11.6 Å². The van der Waals surface area contributed by atoms with E-state index in [2.05, 4.69) is 5.32 Å². The summed E-state index contributed by atoms with van der Waals surface area (Å²) in [5.41, 5.74) is 6.20. The normalized spacial score (nSPS) is 24.6. The first-order valence-electron chi connectivity index (χ1n) is 5.18. The summed E-state index contributed by atoms with van der Waals surface area (Å²) < 4.78 is 5.15. The molecule has 1 aliphatic rings. The molecule has 0 bridgehead atoms. The van der Waals surface area contributed by atoms with Gasteiger partial charge in [-0.05, 0) is 18.2 Å². The highest BCUT2D eigenvalue weighted by atomic mass is 35.5. The van der Waals surface area contributed by atoms with Gasteiger partial charge in [0, 0.05) is 25.3 Å². The van der Waals surface area contributed by atoms with Gasteiger partial charge in [-0.2, -0.15) is 0 Å². The van der Waals surface area contributed by atoms with Crippen molar-refractivity contribution in [3.05, 3.63) is 23.2 Å². The molecule has 0 amide bonds. The maximum absolute atomic E-state index is 10.0. The molecule has 4 N–H and O–H groups in total. The molecule has 1 aliphatic heterocycles. The Kier molecular flexibility index (Phi) is 3.23. The first-order valence-corrected chi connectivity index (χ1v) is 5.56. The van der Waals surface area contributed by atoms with Crippen molar-refractivity contribution in [2.45, 2.75) is 12.0 Å². The number of nitrogen functional groups attached to an aromatic ring is 1. The lowest BCUT2D eigenvalue weighted by Gasteiger charge is -2.21. The molecule has 1 saturated heterocycles. The quantitative estimate of drug-likeness (QED) is 0.703. The first kappa shape index (κ1) is 11.5. The monoisotopic (exact) mass is 242 g/mol. The van der Waals surface area contributed by atoms with Gasteiger partial charge in [0.05, 0.1) is 17.3 Å². The number of benzene rings is 1. The molecular weight excluding hydrogens is 228 g/mol. The van der Waals surface area contributed by atoms with Crippen LogP contribution in [0.15, 0.2) is 18.2 Å². The summed E-state index contributed by atoms with van der Waals surface area (Å²) in [7, 11) is 0. The van der Waals surface area contributed by atoms with Crippen molar-refractivity contribution in [3.8, 4) is 0 Å². The minimum Gasteiger partial charge on any atom is -0.399 e. The fourth-order valence-electron chi connectivity index (χ4n) is 1.67. The second-order valence-corrected chi connectivity index (χ2v) is 4.53. The third-order valence-corrected chi connectivity index (χ3v) is 3.00. The van der Waals surface area contributed by atoms with Crippen molar-refractivity contribution in [3.63, 3.8) is 0 Å². The molecule has 0 spiro atoms. The number of nitrogens with two attached hydrogens (primary N) is 1. The Bertz CT molecular complexity index is 378. The van der Waals surface area contributed by atoms with Gasteiger partial charge >= 0.3 is 0 Å². The number of rotatable bonds is 3. The smallest absolute Gasteiger partial charge is 0.107 e. The molecule has 2 rings (SSSR count). The Morgan fingerprint density at radius 1 is 1.56 bits per heavy atom. The molecule has 0 saturated carbocycles. The van der Waals surface area contributed by atoms with E-state index in [0.717, 1.165) is 5.69 Å². The molecule has 0 aromatic heterocycles. The van der Waals surface area contributed by atoms with Crippen LogP contribution < -0.4 is 11.1 Å². The summed E-state index contributed by atoms with van der Waals surface area (Å²) >= 11 is 6.00. The van der Waals surface area contributed by atoms with Gasteiger partial charge in [0.25, 0.3) is 0 Å². The molecule has 1 aromatic rings. The Morgan fingerprint density at radius 3 is 3.00 bits per heavy atom. The highest BCUT2D eigenvalue weighted by Gasteiger charge is 2.31. The summed E-state index contributed by atoms with van der Waals surface area (Å²) in [6.45, 7) is 1.40. The van der Waals surface area contributed by atoms with Gasteiger partial charge in [-0.15, -0.1) is 0 Å². The van der Waals surface area contributed by atoms with Crippen LogP contribution in [0.2, 0.25) is 5.02 Å². The maximum atomic E-state index is 10.0. The largest absolute Gasteiger partial charge is 0.399 e. The van der Waals surface area contributed by atoms with Crippen LogP contribution in [0.1, 0.15) is 6.42 Å². The van der Waals surface area contributed by atoms with Gasteiger partial charge < -0.3 is 20.9 Å². The molecule has 4 nitrogen and oxygen atoms in total. The highest BCUT2D eigenvalue weighted by Crippen LogP contribution is 2.26. The fourth-order valence-corrected chi connectivity index (χ4v) is 1.93. The zero-order chi connectivity index (χ0) is 11.6. The van der Waals surface area contributed by atoms with Gasteiger partial charge in [0.1, 0.15) is 5.60 Å². The lowest BCUT2D eigenvalue weighted by Crippen LogP contribution is -2.37. The van der Waals surface area contributed by atoms with E-state index in [1.807, 2.05) is 0 Å². The SMILES string of the molecule is Nc1ccc(NCC2(O)CCOC2)c(Cl)c1. The number of hydrogen-bond acceptors (Lipinski definition) is 4. The van der Waals surface area contributed by atoms with E-state index in [-0.39, 0.29) is 0 Å². The molecule has 5 heteroatoms. The van der Waals surface area contributed by atoms with Crippen LogP contribution in [0.3, 0.4) is 0 Å². The van der Waals surface area contributed by atoms with E-state index in [4.69, 9.17) is 22.1 Å². The Hall–Kier alpha value is -0.970. The minimum absolute atomic E-state index is 0.368. The molecule has 88 valence electrons. The Balaban J connectivity index is 1.99. The van der Waals surface area contributed by atoms with E-state index in [1.54, 1.807) is 18.2 Å². The first-order chi connectivity index (χ1) is 7.59. The molecule has 16 heavy (non-hydrogen) atoms. The molecule has 1 atom stereocenters. The summed E-state index contributed by atoms with van der Waals surface area (Å²) in [5, 5.41) is 13.7. The molecule has 1 heterocycles. The van der Waals surface area contributed by atoms with Crippen LogP contribution in [0, 0.1) is 0 Å². The molecule has 1 aromatic carbocycles. The number of hydrogen-bond donors (Lipinski definition) is 3. The van der Waals surface area contributed by atoms with Crippen molar-refractivity contribution in [1.82, 2.24) is 0 Å². The molecule has 1 unspecified atom stereocenters. The van der Waals surface area contributed by atoms with E-state index in [0.29, 0.717) is 36.9 Å². The van der Waals surface area contributed by atoms with E-state index in [1.165, 1.54) is 0 Å². The third kappa shape index (κ3) is 2.58. The molecule has 1 fully saturated rings. The van der Waals surface area contributed by atoms with Crippen LogP contribution in [0.5, 0.6) is 0 Å². The predicted molar refractivity (Wildman–Crippen MR) is 64.7 cm³/mol. The summed E-state index contributed by atoms with van der Waals surface area (Å²) in [5.74, 6) is 0. The van der Waals surface area contributed by atoms with Crippen LogP contribution in [-0.4, -0.2) is 30.5 Å². The van der Waals surface area contributed by atoms with Crippen molar-refractivity contribution in [2.75, 3.05) is 30.8 Å². The van der Waals surface area contributed by atoms with E-state index < -0.39 is 5.60 Å². The van der Waals surface area contributed by atoms with Crippen molar-refractivity contribution >= 4 is 23.0 Å². The van der Waals surface area contributed by atoms with Crippen LogP contribution in [-0.2, 0) is 4.74 Å². The Labute approximate surface area is 99.4 Å². The predicted octanol–water partition coefficient (Wildman–Crippen LogP) is 1.49. The summed E-state index contributed by atoms with van der Waals surface area (Å²) in [6, 6.07) is 5.25. The van der Waals surface area contributed by atoms with Crippen LogP contribution >= 0.6 is 11.6 Å². The Morgan fingerprint density at radius 2 is 2.38 bits per heavy atom. The van der Waals surface area contributed by atoms with Crippen LogP contribution in [0.25, 0.3) is 0 Å². The van der Waals surface area contributed by atoms with Gasteiger partial charge in [0.2, 0.25) is 0 Å². The van der Waals surface area contributed by atoms with Gasteiger partial charge in [-0.25, -0.2) is 0 Å². The van der Waals surface area contributed by atoms with Gasteiger partial charge in [0.15, 0.2) is 0 Å². The number of halogens is 1. The average Bonchev–Trinajstić information content (AvgIpc) is 2.64. The number of nitrogens with one attached hydrogen (secondary N) is 1. The number of aliphatic hydroxyl groups is 1. The summed E-state index contributed by atoms with van der Waals surface area (Å²) in [4.78, 5) is 0. The zero-order valence-electron chi connectivity index (χ0n) is 8.87. The fraction of sp³-hybridized carbons (Fsp3) is 0.455. The molecular formula is C11H15ClN2O2. The van der Waals surface area contributed by atoms with Crippen molar-refractivity contribution in [1.29, 1.82) is 0 Å². The highest BCUT2D eigenvalue weighted by molar-refractivity contribution is 6.33. The standard InChI is InChI=1S/C11H15ClN2O2/c12-9-5-8(13)1-2-10(9)14-6-11(15)3-4-16-7-11/h1-2,5,14-15H,3-4,6-7,13H2. The lowest BCUT2D eigenvalue weighted by atomic mass is 10.0. The summed E-state index contributed by atoms with van der Waals surface area (Å²) in [6.07, 6.45) is 0.645. The number of anilines is 2. The molecule has 0 radical (unpaired) electrons. The number of ether oxygens (including phenoxy) is 1. The second kappa shape index (κ2) is 4.49. The van der Waals surface area contributed by atoms with Crippen molar-refractivity contribution < 1.29 is 9.84 Å². The molecule has 0 aliphatic carbocycles. The van der Waals surface area contributed by atoms with Crippen molar-refractivity contribution in [2.24, 2.45) is 0 Å². The topological polar surface area (TPSA) is 67.5 Å². The lowest BCUT2D eigenvalue weighted by molar-refractivity contribution is 0.0382. The zero-order valence-corrected chi connectivity index (χ0v) is 9.63. The van der Waals surface area contributed by atoms with Crippen LogP contribution in [0.4, 0.5) is 11.4 Å². The third-order valence-electron chi connectivity index (χ3n) is 2.68. The van der Waals surface area contributed by atoms with Gasteiger partial charge in [-0.3, -0.25) is 0 Å². The van der Waals surface area contributed by atoms with E-state index >= 15 is 0 Å². The maximum Gasteiger partial charge on any atom is 0.107 e. The second-order valence-electron chi connectivity index (χ2n) is 4.12.